The van der Waals surface area contributed by atoms with Crippen LogP contribution < -0.4 is 11.1 Å². The predicted octanol–water partition coefficient (Wildman–Crippen LogP) is 3.55. The summed E-state index contributed by atoms with van der Waals surface area (Å²) in [5, 5.41) is 3.26. The highest BCUT2D eigenvalue weighted by Crippen LogP contribution is 2.22. The number of benzene rings is 2. The van der Waals surface area contributed by atoms with Crippen LogP contribution in [0.5, 0.6) is 0 Å². The molecular weight excluding hydrogens is 279 g/mol. The van der Waals surface area contributed by atoms with Crippen molar-refractivity contribution in [2.75, 3.05) is 5.73 Å². The summed E-state index contributed by atoms with van der Waals surface area (Å²) in [4.78, 5) is 12.0. The molecule has 3 N–H and O–H groups in total. The first-order chi connectivity index (χ1) is 9.49. The van der Waals surface area contributed by atoms with Gasteiger partial charge in [0.25, 0.3) is 5.91 Å². The number of amides is 1. The fourth-order valence-electron chi connectivity index (χ4n) is 1.89. The molecule has 0 bridgehead atoms. The van der Waals surface area contributed by atoms with E-state index in [4.69, 9.17) is 17.3 Å². The Kier molecular flexibility index (Phi) is 4.25. The summed E-state index contributed by atoms with van der Waals surface area (Å²) in [6.07, 6.45) is 0. The Balaban J connectivity index is 2.17. The van der Waals surface area contributed by atoms with Gasteiger partial charge in [0, 0.05) is 10.7 Å². The van der Waals surface area contributed by atoms with Crippen LogP contribution in [0.4, 0.5) is 10.1 Å². The van der Waals surface area contributed by atoms with E-state index >= 15 is 0 Å². The molecular formula is C15H14ClFN2O. The van der Waals surface area contributed by atoms with E-state index in [-0.39, 0.29) is 17.3 Å². The third kappa shape index (κ3) is 3.08. The van der Waals surface area contributed by atoms with Gasteiger partial charge < -0.3 is 11.1 Å². The molecule has 0 fully saturated rings. The van der Waals surface area contributed by atoms with Crippen LogP contribution in [-0.4, -0.2) is 5.91 Å². The molecule has 104 valence electrons. The average molecular weight is 293 g/mol. The number of halogens is 2. The highest BCUT2D eigenvalue weighted by atomic mass is 35.5. The molecule has 0 aromatic heterocycles. The van der Waals surface area contributed by atoms with E-state index in [0.717, 1.165) is 11.6 Å². The summed E-state index contributed by atoms with van der Waals surface area (Å²) in [5.74, 6) is -1.15. The number of carbonyl (C=O) groups excluding carboxylic acids is 1. The molecule has 0 radical (unpaired) electrons. The molecule has 0 spiro atoms. The maximum atomic E-state index is 13.7. The zero-order chi connectivity index (χ0) is 14.7. The summed E-state index contributed by atoms with van der Waals surface area (Å²) >= 11 is 6.06. The van der Waals surface area contributed by atoms with Gasteiger partial charge in [0.2, 0.25) is 0 Å². The molecule has 3 nitrogen and oxygen atoms in total. The Morgan fingerprint density at radius 1 is 1.30 bits per heavy atom. The van der Waals surface area contributed by atoms with E-state index in [1.54, 1.807) is 19.1 Å². The minimum absolute atomic E-state index is 0.0434. The van der Waals surface area contributed by atoms with Crippen molar-refractivity contribution in [3.8, 4) is 0 Å². The van der Waals surface area contributed by atoms with Crippen LogP contribution >= 0.6 is 11.6 Å². The summed E-state index contributed by atoms with van der Waals surface area (Å²) in [6, 6.07) is 10.8. The van der Waals surface area contributed by atoms with Crippen LogP contribution in [-0.2, 0) is 0 Å². The normalized spacial score (nSPS) is 11.9. The lowest BCUT2D eigenvalue weighted by atomic mass is 10.1. The van der Waals surface area contributed by atoms with Crippen molar-refractivity contribution in [3.05, 3.63) is 64.4 Å². The van der Waals surface area contributed by atoms with Gasteiger partial charge in [-0.05, 0) is 36.8 Å². The van der Waals surface area contributed by atoms with Gasteiger partial charge in [-0.3, -0.25) is 4.79 Å². The summed E-state index contributed by atoms with van der Waals surface area (Å²) < 4.78 is 13.7. The summed E-state index contributed by atoms with van der Waals surface area (Å²) in [5.41, 5.74) is 6.46. The molecule has 0 saturated carbocycles. The van der Waals surface area contributed by atoms with Gasteiger partial charge in [0.1, 0.15) is 5.82 Å². The van der Waals surface area contributed by atoms with Crippen LogP contribution in [0.25, 0.3) is 0 Å². The van der Waals surface area contributed by atoms with Crippen LogP contribution in [0.3, 0.4) is 0 Å². The number of carbonyl (C=O) groups is 1. The molecule has 1 atom stereocenters. The molecule has 20 heavy (non-hydrogen) atoms. The third-order valence-electron chi connectivity index (χ3n) is 2.96. The lowest BCUT2D eigenvalue weighted by Crippen LogP contribution is -2.27. The van der Waals surface area contributed by atoms with E-state index in [9.17, 15) is 9.18 Å². The Bertz CT molecular complexity index is 646. The zero-order valence-corrected chi connectivity index (χ0v) is 11.6. The van der Waals surface area contributed by atoms with Crippen LogP contribution in [0.15, 0.2) is 42.5 Å². The topological polar surface area (TPSA) is 55.1 Å². The lowest BCUT2D eigenvalue weighted by molar-refractivity contribution is 0.0936. The molecule has 5 heteroatoms. The maximum absolute atomic E-state index is 13.7. The second-order valence-corrected chi connectivity index (χ2v) is 4.86. The Morgan fingerprint density at radius 3 is 2.65 bits per heavy atom. The maximum Gasteiger partial charge on any atom is 0.254 e. The molecule has 2 aromatic carbocycles. The van der Waals surface area contributed by atoms with Crippen LogP contribution in [0.1, 0.15) is 28.9 Å². The number of hydrogen-bond donors (Lipinski definition) is 2. The smallest absolute Gasteiger partial charge is 0.254 e. The highest BCUT2D eigenvalue weighted by molar-refractivity contribution is 6.31. The van der Waals surface area contributed by atoms with Gasteiger partial charge in [-0.1, -0.05) is 29.8 Å². The van der Waals surface area contributed by atoms with E-state index < -0.39 is 11.7 Å². The molecule has 0 heterocycles. The van der Waals surface area contributed by atoms with Crippen molar-refractivity contribution < 1.29 is 9.18 Å². The first-order valence-corrected chi connectivity index (χ1v) is 6.47. The number of anilines is 1. The monoisotopic (exact) mass is 292 g/mol. The van der Waals surface area contributed by atoms with Crippen molar-refractivity contribution in [2.45, 2.75) is 13.0 Å². The number of rotatable bonds is 3. The predicted molar refractivity (Wildman–Crippen MR) is 78.1 cm³/mol. The van der Waals surface area contributed by atoms with Gasteiger partial charge in [-0.15, -0.1) is 0 Å². The summed E-state index contributed by atoms with van der Waals surface area (Å²) in [6.45, 7) is 1.79. The minimum Gasteiger partial charge on any atom is -0.399 e. The van der Waals surface area contributed by atoms with Gasteiger partial charge in [0.15, 0.2) is 0 Å². The number of hydrogen-bond acceptors (Lipinski definition) is 2. The lowest BCUT2D eigenvalue weighted by Gasteiger charge is -2.16. The highest BCUT2D eigenvalue weighted by Gasteiger charge is 2.16. The van der Waals surface area contributed by atoms with Crippen LogP contribution in [0, 0.1) is 5.82 Å². The van der Waals surface area contributed by atoms with Gasteiger partial charge in [-0.2, -0.15) is 0 Å². The SMILES string of the molecule is C[C@H](NC(=O)c1ccc(N)cc1F)c1ccccc1Cl. The Morgan fingerprint density at radius 2 is 2.00 bits per heavy atom. The molecule has 0 aliphatic rings. The Labute approximate surface area is 121 Å². The van der Waals surface area contributed by atoms with E-state index in [1.165, 1.54) is 12.1 Å². The number of nitrogens with two attached hydrogens (primary N) is 1. The molecule has 0 aliphatic carbocycles. The molecule has 0 unspecified atom stereocenters. The fraction of sp³-hybridized carbons (Fsp3) is 0.133. The van der Waals surface area contributed by atoms with Gasteiger partial charge in [-0.25, -0.2) is 4.39 Å². The standard InChI is InChI=1S/C15H14ClFN2O/c1-9(11-4-2-3-5-13(11)16)19-15(20)12-7-6-10(18)8-14(12)17/h2-9H,18H2,1H3,(H,19,20)/t9-/m0/s1. The molecule has 0 aliphatic heterocycles. The fourth-order valence-corrected chi connectivity index (χ4v) is 2.19. The molecule has 1 amide bonds. The van der Waals surface area contributed by atoms with Crippen LogP contribution in [0.2, 0.25) is 5.02 Å². The van der Waals surface area contributed by atoms with Crippen molar-refractivity contribution in [2.24, 2.45) is 0 Å². The van der Waals surface area contributed by atoms with E-state index in [0.29, 0.717) is 5.02 Å². The zero-order valence-electron chi connectivity index (χ0n) is 10.9. The van der Waals surface area contributed by atoms with Crippen molar-refractivity contribution >= 4 is 23.2 Å². The number of nitrogens with one attached hydrogen (secondary N) is 1. The van der Waals surface area contributed by atoms with E-state index in [1.807, 2.05) is 12.1 Å². The first-order valence-electron chi connectivity index (χ1n) is 6.09. The second-order valence-electron chi connectivity index (χ2n) is 4.46. The van der Waals surface area contributed by atoms with E-state index in [2.05, 4.69) is 5.32 Å². The van der Waals surface area contributed by atoms with Gasteiger partial charge in [0.05, 0.1) is 11.6 Å². The largest absolute Gasteiger partial charge is 0.399 e. The minimum atomic E-state index is -0.645. The van der Waals surface area contributed by atoms with Crippen molar-refractivity contribution in [1.82, 2.24) is 5.32 Å². The quantitative estimate of drug-likeness (QED) is 0.850. The average Bonchev–Trinajstić information content (AvgIpc) is 2.38. The molecule has 0 saturated heterocycles. The molecule has 2 aromatic rings. The van der Waals surface area contributed by atoms with Crippen molar-refractivity contribution in [1.29, 1.82) is 0 Å². The third-order valence-corrected chi connectivity index (χ3v) is 3.30. The molecule has 2 rings (SSSR count). The summed E-state index contributed by atoms with van der Waals surface area (Å²) in [7, 11) is 0. The second kappa shape index (κ2) is 5.92. The van der Waals surface area contributed by atoms with Crippen molar-refractivity contribution in [3.63, 3.8) is 0 Å². The number of nitrogen functional groups attached to an aromatic ring is 1. The van der Waals surface area contributed by atoms with Gasteiger partial charge >= 0.3 is 0 Å². The first kappa shape index (κ1) is 14.3. The Hall–Kier alpha value is -2.07.